The minimum Gasteiger partial charge on any atom is -0.480 e. The standard InChI is InChI=1S/C12H14BrClN2O3/c1-2-3-9(11(17)18)15-12(19)16-10-6-7(13)4-5-8(10)14/h4-6,9H,2-3H2,1H3,(H,17,18)(H2,15,16,19). The van der Waals surface area contributed by atoms with Gasteiger partial charge in [-0.05, 0) is 24.6 Å². The van der Waals surface area contributed by atoms with Gasteiger partial charge < -0.3 is 15.7 Å². The van der Waals surface area contributed by atoms with Crippen molar-refractivity contribution in [3.05, 3.63) is 27.7 Å². The van der Waals surface area contributed by atoms with E-state index in [0.29, 0.717) is 23.6 Å². The fraction of sp³-hybridized carbons (Fsp3) is 0.333. The van der Waals surface area contributed by atoms with Gasteiger partial charge >= 0.3 is 12.0 Å². The first-order chi connectivity index (χ1) is 8.93. The van der Waals surface area contributed by atoms with Crippen molar-refractivity contribution in [1.29, 1.82) is 0 Å². The van der Waals surface area contributed by atoms with E-state index >= 15 is 0 Å². The number of aliphatic carboxylic acids is 1. The normalized spacial score (nSPS) is 11.7. The summed E-state index contributed by atoms with van der Waals surface area (Å²) in [5, 5.41) is 14.2. The molecule has 0 saturated heterocycles. The van der Waals surface area contributed by atoms with E-state index in [1.807, 2.05) is 6.92 Å². The maximum atomic E-state index is 11.7. The lowest BCUT2D eigenvalue weighted by Crippen LogP contribution is -2.42. The molecule has 0 fully saturated rings. The van der Waals surface area contributed by atoms with E-state index < -0.39 is 18.0 Å². The maximum absolute atomic E-state index is 11.7. The number of carboxylic acids is 1. The Morgan fingerprint density at radius 1 is 1.47 bits per heavy atom. The molecule has 0 radical (unpaired) electrons. The monoisotopic (exact) mass is 348 g/mol. The molecule has 1 aromatic carbocycles. The third kappa shape index (κ3) is 5.08. The number of halogens is 2. The highest BCUT2D eigenvalue weighted by Gasteiger charge is 2.19. The van der Waals surface area contributed by atoms with Crippen molar-refractivity contribution in [1.82, 2.24) is 5.32 Å². The van der Waals surface area contributed by atoms with Crippen LogP contribution in [-0.2, 0) is 4.79 Å². The summed E-state index contributed by atoms with van der Waals surface area (Å²) in [5.41, 5.74) is 0.411. The van der Waals surface area contributed by atoms with E-state index in [2.05, 4.69) is 26.6 Å². The molecule has 3 N–H and O–H groups in total. The minimum absolute atomic E-state index is 0.370. The summed E-state index contributed by atoms with van der Waals surface area (Å²) in [7, 11) is 0. The molecule has 0 heterocycles. The van der Waals surface area contributed by atoms with Crippen LogP contribution < -0.4 is 10.6 Å². The Kier molecular flexibility index (Phi) is 6.11. The molecule has 0 aliphatic heterocycles. The van der Waals surface area contributed by atoms with Crippen LogP contribution in [0.2, 0.25) is 5.02 Å². The van der Waals surface area contributed by atoms with Crippen LogP contribution in [0.1, 0.15) is 19.8 Å². The van der Waals surface area contributed by atoms with Gasteiger partial charge in [-0.25, -0.2) is 9.59 Å². The zero-order valence-electron chi connectivity index (χ0n) is 10.2. The van der Waals surface area contributed by atoms with Crippen molar-refractivity contribution in [2.45, 2.75) is 25.8 Å². The molecule has 1 atom stereocenters. The fourth-order valence-electron chi connectivity index (χ4n) is 1.46. The van der Waals surface area contributed by atoms with Gasteiger partial charge in [0.05, 0.1) is 10.7 Å². The van der Waals surface area contributed by atoms with E-state index in [1.54, 1.807) is 18.2 Å². The molecule has 19 heavy (non-hydrogen) atoms. The predicted octanol–water partition coefficient (Wildman–Crippen LogP) is 3.48. The topological polar surface area (TPSA) is 78.4 Å². The molecule has 0 aliphatic rings. The number of hydrogen-bond acceptors (Lipinski definition) is 2. The number of carboxylic acid groups (broad SMARTS) is 1. The van der Waals surface area contributed by atoms with Crippen LogP contribution in [0.5, 0.6) is 0 Å². The van der Waals surface area contributed by atoms with Gasteiger partial charge in [0.15, 0.2) is 0 Å². The number of amides is 2. The Labute approximate surface area is 124 Å². The number of anilines is 1. The Bertz CT molecular complexity index is 482. The van der Waals surface area contributed by atoms with Gasteiger partial charge in [0.2, 0.25) is 0 Å². The lowest BCUT2D eigenvalue weighted by Gasteiger charge is -2.15. The summed E-state index contributed by atoms with van der Waals surface area (Å²) in [5.74, 6) is -1.06. The molecule has 0 bridgehead atoms. The molecule has 104 valence electrons. The summed E-state index contributed by atoms with van der Waals surface area (Å²) in [6.45, 7) is 1.85. The Morgan fingerprint density at radius 2 is 2.16 bits per heavy atom. The molecule has 1 rings (SSSR count). The van der Waals surface area contributed by atoms with Gasteiger partial charge in [0, 0.05) is 4.47 Å². The van der Waals surface area contributed by atoms with Crippen molar-refractivity contribution in [2.75, 3.05) is 5.32 Å². The second-order valence-electron chi connectivity index (χ2n) is 3.90. The molecule has 5 nitrogen and oxygen atoms in total. The average molecular weight is 350 g/mol. The van der Waals surface area contributed by atoms with Gasteiger partial charge in [-0.2, -0.15) is 0 Å². The average Bonchev–Trinajstić information content (AvgIpc) is 2.33. The molecule has 0 saturated carbocycles. The molecule has 1 aromatic rings. The van der Waals surface area contributed by atoms with E-state index in [4.69, 9.17) is 16.7 Å². The third-order valence-electron chi connectivity index (χ3n) is 2.36. The molecule has 0 aromatic heterocycles. The Morgan fingerprint density at radius 3 is 2.74 bits per heavy atom. The first kappa shape index (κ1) is 15.8. The number of benzene rings is 1. The summed E-state index contributed by atoms with van der Waals surface area (Å²) in [6.07, 6.45) is 1.03. The number of rotatable bonds is 5. The molecular weight excluding hydrogens is 336 g/mol. The van der Waals surface area contributed by atoms with Gasteiger partial charge in [0.1, 0.15) is 6.04 Å². The van der Waals surface area contributed by atoms with Gasteiger partial charge in [-0.3, -0.25) is 0 Å². The van der Waals surface area contributed by atoms with Crippen LogP contribution in [0.3, 0.4) is 0 Å². The first-order valence-corrected chi connectivity index (χ1v) is 6.86. The smallest absolute Gasteiger partial charge is 0.326 e. The van der Waals surface area contributed by atoms with Crippen LogP contribution >= 0.6 is 27.5 Å². The lowest BCUT2D eigenvalue weighted by atomic mass is 10.2. The number of carbonyl (C=O) groups excluding carboxylic acids is 1. The second-order valence-corrected chi connectivity index (χ2v) is 5.23. The van der Waals surface area contributed by atoms with Crippen molar-refractivity contribution in [3.63, 3.8) is 0 Å². The zero-order valence-corrected chi connectivity index (χ0v) is 12.6. The highest BCUT2D eigenvalue weighted by Crippen LogP contribution is 2.25. The maximum Gasteiger partial charge on any atom is 0.326 e. The number of nitrogens with one attached hydrogen (secondary N) is 2. The van der Waals surface area contributed by atoms with Gasteiger partial charge in [-0.1, -0.05) is 40.9 Å². The highest BCUT2D eigenvalue weighted by atomic mass is 79.9. The summed E-state index contributed by atoms with van der Waals surface area (Å²) in [6, 6.07) is 3.50. The molecular formula is C12H14BrClN2O3. The fourth-order valence-corrected chi connectivity index (χ4v) is 1.98. The summed E-state index contributed by atoms with van der Waals surface area (Å²) < 4.78 is 0.760. The van der Waals surface area contributed by atoms with Crippen LogP contribution in [0.4, 0.5) is 10.5 Å². The van der Waals surface area contributed by atoms with E-state index in [0.717, 1.165) is 4.47 Å². The largest absolute Gasteiger partial charge is 0.480 e. The highest BCUT2D eigenvalue weighted by molar-refractivity contribution is 9.10. The van der Waals surface area contributed by atoms with Crippen molar-refractivity contribution >= 4 is 45.2 Å². The molecule has 0 spiro atoms. The predicted molar refractivity (Wildman–Crippen MR) is 77.6 cm³/mol. The molecule has 0 aliphatic carbocycles. The zero-order chi connectivity index (χ0) is 14.4. The van der Waals surface area contributed by atoms with E-state index in [9.17, 15) is 9.59 Å². The third-order valence-corrected chi connectivity index (χ3v) is 3.18. The molecule has 2 amide bonds. The number of hydrogen-bond donors (Lipinski definition) is 3. The van der Waals surface area contributed by atoms with Gasteiger partial charge in [0.25, 0.3) is 0 Å². The summed E-state index contributed by atoms with van der Waals surface area (Å²) in [4.78, 5) is 22.6. The first-order valence-electron chi connectivity index (χ1n) is 5.69. The lowest BCUT2D eigenvalue weighted by molar-refractivity contribution is -0.139. The van der Waals surface area contributed by atoms with E-state index in [-0.39, 0.29) is 0 Å². The van der Waals surface area contributed by atoms with Crippen LogP contribution in [0.25, 0.3) is 0 Å². The minimum atomic E-state index is -1.06. The van der Waals surface area contributed by atoms with Crippen molar-refractivity contribution < 1.29 is 14.7 Å². The van der Waals surface area contributed by atoms with Gasteiger partial charge in [-0.15, -0.1) is 0 Å². The number of urea groups is 1. The SMILES string of the molecule is CCCC(NC(=O)Nc1cc(Br)ccc1Cl)C(=O)O. The second kappa shape index (κ2) is 7.35. The Balaban J connectivity index is 2.68. The van der Waals surface area contributed by atoms with Crippen LogP contribution in [0, 0.1) is 0 Å². The quantitative estimate of drug-likeness (QED) is 0.761. The van der Waals surface area contributed by atoms with Crippen molar-refractivity contribution in [3.8, 4) is 0 Å². The van der Waals surface area contributed by atoms with Crippen molar-refractivity contribution in [2.24, 2.45) is 0 Å². The molecule has 7 heteroatoms. The molecule has 1 unspecified atom stereocenters. The summed E-state index contributed by atoms with van der Waals surface area (Å²) >= 11 is 9.18. The van der Waals surface area contributed by atoms with E-state index in [1.165, 1.54) is 0 Å². The Hall–Kier alpha value is -1.27. The van der Waals surface area contributed by atoms with Crippen LogP contribution in [-0.4, -0.2) is 23.1 Å². The van der Waals surface area contributed by atoms with Crippen LogP contribution in [0.15, 0.2) is 22.7 Å². The number of carbonyl (C=O) groups is 2.